The van der Waals surface area contributed by atoms with Crippen LogP contribution in [-0.4, -0.2) is 48.3 Å². The third kappa shape index (κ3) is 5.71. The third-order valence-electron chi connectivity index (χ3n) is 4.67. The fraction of sp³-hybridized carbons (Fsp3) is 0.450. The lowest BCUT2D eigenvalue weighted by molar-refractivity contribution is -0.128. The molecular formula is C20H26N4O2. The lowest BCUT2D eigenvalue weighted by Gasteiger charge is -2.32. The van der Waals surface area contributed by atoms with E-state index in [9.17, 15) is 14.9 Å². The zero-order chi connectivity index (χ0) is 18.8. The Kier molecular flexibility index (Phi) is 7.84. The maximum absolute atomic E-state index is 12.6. The summed E-state index contributed by atoms with van der Waals surface area (Å²) >= 11 is 0. The highest BCUT2D eigenvalue weighted by Gasteiger charge is 2.25. The molecule has 1 aliphatic heterocycles. The van der Waals surface area contributed by atoms with Gasteiger partial charge in [0, 0.05) is 25.8 Å². The molecule has 0 aromatic heterocycles. The van der Waals surface area contributed by atoms with Gasteiger partial charge in [-0.25, -0.2) is 0 Å². The molecule has 1 heterocycles. The van der Waals surface area contributed by atoms with E-state index in [0.717, 1.165) is 19.3 Å². The Balaban J connectivity index is 1.91. The van der Waals surface area contributed by atoms with E-state index in [2.05, 4.69) is 12.1 Å². The Bertz CT molecular complexity index is 658. The van der Waals surface area contributed by atoms with Crippen LogP contribution >= 0.6 is 0 Å². The summed E-state index contributed by atoms with van der Waals surface area (Å²) in [6, 6.07) is 12.3. The topological polar surface area (TPSA) is 90.4 Å². The van der Waals surface area contributed by atoms with Gasteiger partial charge < -0.3 is 15.5 Å². The summed E-state index contributed by atoms with van der Waals surface area (Å²) in [7, 11) is 0. The van der Waals surface area contributed by atoms with Crippen LogP contribution in [0.2, 0.25) is 0 Å². The second-order valence-corrected chi connectivity index (χ2v) is 6.57. The Morgan fingerprint density at radius 1 is 1.31 bits per heavy atom. The molecule has 0 bridgehead atoms. The van der Waals surface area contributed by atoms with E-state index >= 15 is 0 Å². The Morgan fingerprint density at radius 2 is 2.00 bits per heavy atom. The number of carbonyl (C=O) groups excluding carboxylic acids is 2. The molecule has 0 atom stereocenters. The molecule has 1 aromatic rings. The molecule has 2 rings (SSSR count). The van der Waals surface area contributed by atoms with Crippen molar-refractivity contribution in [2.45, 2.75) is 25.7 Å². The summed E-state index contributed by atoms with van der Waals surface area (Å²) in [4.78, 5) is 26.7. The lowest BCUT2D eigenvalue weighted by atomic mass is 9.90. The first-order valence-corrected chi connectivity index (χ1v) is 9.04. The normalized spacial score (nSPS) is 15.4. The van der Waals surface area contributed by atoms with Crippen LogP contribution in [0.5, 0.6) is 0 Å². The van der Waals surface area contributed by atoms with Crippen LogP contribution < -0.4 is 5.73 Å². The Labute approximate surface area is 154 Å². The number of rotatable bonds is 8. The van der Waals surface area contributed by atoms with Gasteiger partial charge in [-0.2, -0.15) is 5.26 Å². The summed E-state index contributed by atoms with van der Waals surface area (Å²) in [6.07, 6.45) is 5.43. The van der Waals surface area contributed by atoms with Crippen LogP contribution in [0.3, 0.4) is 0 Å². The molecular weight excluding hydrogens is 328 g/mol. The molecule has 1 aromatic carbocycles. The molecule has 0 saturated carbocycles. The van der Waals surface area contributed by atoms with Crippen LogP contribution in [0, 0.1) is 17.2 Å². The standard InChI is InChI=1S/C20H26N4O2/c21-9-4-10-23(16-25)15-19(14-22)20(26)24-11-7-18(8-12-24)13-17-5-2-1-3-6-17/h1-3,5-6,15-16,18H,4,7-13,21H2/b19-15-. The second kappa shape index (κ2) is 10.4. The number of carbonyl (C=O) groups is 2. The number of benzene rings is 1. The summed E-state index contributed by atoms with van der Waals surface area (Å²) in [5.41, 5.74) is 6.75. The predicted octanol–water partition coefficient (Wildman–Crippen LogP) is 1.68. The minimum atomic E-state index is -0.301. The van der Waals surface area contributed by atoms with Gasteiger partial charge in [0.2, 0.25) is 6.41 Å². The minimum absolute atomic E-state index is 0.00405. The number of nitriles is 1. The largest absolute Gasteiger partial charge is 0.338 e. The van der Waals surface area contributed by atoms with Gasteiger partial charge in [0.1, 0.15) is 11.6 Å². The number of likely N-dealkylation sites (tertiary alicyclic amines) is 1. The minimum Gasteiger partial charge on any atom is -0.338 e. The van der Waals surface area contributed by atoms with Crippen molar-refractivity contribution in [3.05, 3.63) is 47.7 Å². The van der Waals surface area contributed by atoms with Crippen molar-refractivity contribution in [1.29, 1.82) is 5.26 Å². The highest BCUT2D eigenvalue weighted by atomic mass is 16.2. The molecule has 2 N–H and O–H groups in total. The van der Waals surface area contributed by atoms with Crippen molar-refractivity contribution >= 4 is 12.3 Å². The van der Waals surface area contributed by atoms with Gasteiger partial charge in [-0.3, -0.25) is 9.59 Å². The number of hydrogen-bond donors (Lipinski definition) is 1. The molecule has 0 unspecified atom stereocenters. The number of hydrogen-bond acceptors (Lipinski definition) is 4. The zero-order valence-electron chi connectivity index (χ0n) is 15.0. The fourth-order valence-electron chi connectivity index (χ4n) is 3.18. The van der Waals surface area contributed by atoms with Gasteiger partial charge in [-0.05, 0) is 43.7 Å². The molecule has 1 fully saturated rings. The molecule has 0 radical (unpaired) electrons. The fourth-order valence-corrected chi connectivity index (χ4v) is 3.18. The van der Waals surface area contributed by atoms with Crippen molar-refractivity contribution in [3.63, 3.8) is 0 Å². The first kappa shape index (κ1) is 19.7. The van der Waals surface area contributed by atoms with Gasteiger partial charge in [-0.1, -0.05) is 30.3 Å². The molecule has 1 saturated heterocycles. The smallest absolute Gasteiger partial charge is 0.266 e. The molecule has 6 heteroatoms. The first-order valence-electron chi connectivity index (χ1n) is 9.04. The molecule has 2 amide bonds. The van der Waals surface area contributed by atoms with Gasteiger partial charge >= 0.3 is 0 Å². The van der Waals surface area contributed by atoms with E-state index < -0.39 is 0 Å². The lowest BCUT2D eigenvalue weighted by Crippen LogP contribution is -2.40. The quantitative estimate of drug-likeness (QED) is 0.437. The van der Waals surface area contributed by atoms with E-state index in [1.807, 2.05) is 24.3 Å². The van der Waals surface area contributed by atoms with Gasteiger partial charge in [0.15, 0.2) is 0 Å². The SMILES string of the molecule is N#C/C(=C/N(C=O)CCCN)C(=O)N1CCC(Cc2ccccc2)CC1. The highest BCUT2D eigenvalue weighted by Crippen LogP contribution is 2.22. The maximum atomic E-state index is 12.6. The summed E-state index contributed by atoms with van der Waals surface area (Å²) < 4.78 is 0. The number of amides is 2. The molecule has 26 heavy (non-hydrogen) atoms. The molecule has 1 aliphatic rings. The summed E-state index contributed by atoms with van der Waals surface area (Å²) in [6.45, 7) is 2.12. The van der Waals surface area contributed by atoms with E-state index in [0.29, 0.717) is 44.9 Å². The van der Waals surface area contributed by atoms with E-state index in [4.69, 9.17) is 5.73 Å². The average Bonchev–Trinajstić information content (AvgIpc) is 2.69. The molecule has 6 nitrogen and oxygen atoms in total. The van der Waals surface area contributed by atoms with E-state index in [1.54, 1.807) is 4.90 Å². The zero-order valence-corrected chi connectivity index (χ0v) is 15.0. The highest BCUT2D eigenvalue weighted by molar-refractivity contribution is 5.97. The number of piperidine rings is 1. The van der Waals surface area contributed by atoms with Gasteiger partial charge in [0.25, 0.3) is 5.91 Å². The number of nitrogens with two attached hydrogens (primary N) is 1. The molecule has 0 aliphatic carbocycles. The number of nitrogens with zero attached hydrogens (tertiary/aromatic N) is 3. The Morgan fingerprint density at radius 3 is 2.58 bits per heavy atom. The van der Waals surface area contributed by atoms with Crippen molar-refractivity contribution in [1.82, 2.24) is 9.80 Å². The van der Waals surface area contributed by atoms with Gasteiger partial charge in [0.05, 0.1) is 0 Å². The molecule has 0 spiro atoms. The van der Waals surface area contributed by atoms with Crippen LogP contribution in [0.1, 0.15) is 24.8 Å². The van der Waals surface area contributed by atoms with Gasteiger partial charge in [-0.15, -0.1) is 0 Å². The van der Waals surface area contributed by atoms with Crippen molar-refractivity contribution in [2.24, 2.45) is 11.7 Å². The predicted molar refractivity (Wildman–Crippen MR) is 99.6 cm³/mol. The summed E-state index contributed by atoms with van der Waals surface area (Å²) in [5.74, 6) is 0.247. The maximum Gasteiger partial charge on any atom is 0.266 e. The van der Waals surface area contributed by atoms with Crippen LogP contribution in [-0.2, 0) is 16.0 Å². The second-order valence-electron chi connectivity index (χ2n) is 6.57. The van der Waals surface area contributed by atoms with Crippen LogP contribution in [0.15, 0.2) is 42.1 Å². The van der Waals surface area contributed by atoms with Crippen molar-refractivity contribution in [2.75, 3.05) is 26.2 Å². The van der Waals surface area contributed by atoms with Crippen molar-refractivity contribution in [3.8, 4) is 6.07 Å². The first-order chi connectivity index (χ1) is 12.7. The van der Waals surface area contributed by atoms with Crippen LogP contribution in [0.25, 0.3) is 0 Å². The summed E-state index contributed by atoms with van der Waals surface area (Å²) in [5, 5.41) is 9.31. The van der Waals surface area contributed by atoms with E-state index in [1.165, 1.54) is 16.7 Å². The van der Waals surface area contributed by atoms with Crippen LogP contribution in [0.4, 0.5) is 0 Å². The average molecular weight is 354 g/mol. The van der Waals surface area contributed by atoms with Crippen molar-refractivity contribution < 1.29 is 9.59 Å². The Hall–Kier alpha value is -2.65. The molecule has 138 valence electrons. The van der Waals surface area contributed by atoms with E-state index in [-0.39, 0.29) is 11.5 Å². The monoisotopic (exact) mass is 354 g/mol. The third-order valence-corrected chi connectivity index (χ3v) is 4.67.